The predicted octanol–water partition coefficient (Wildman–Crippen LogP) is 3.40. The van der Waals surface area contributed by atoms with Crippen molar-refractivity contribution < 1.29 is 17.7 Å². The molecule has 1 aromatic rings. The molecule has 0 aromatic heterocycles. The molecule has 0 amide bonds. The van der Waals surface area contributed by atoms with Crippen LogP contribution < -0.4 is 4.74 Å². The van der Waals surface area contributed by atoms with Gasteiger partial charge in [0.25, 0.3) is 0 Å². The van der Waals surface area contributed by atoms with Crippen molar-refractivity contribution in [3.05, 3.63) is 35.3 Å². The molecule has 82 valence electrons. The zero-order valence-electron chi connectivity index (χ0n) is 8.51. The average Bonchev–Trinajstić information content (AvgIpc) is 2.15. The highest BCUT2D eigenvalue weighted by Crippen LogP contribution is 2.20. The number of benzene rings is 1. The fourth-order valence-electron chi connectivity index (χ4n) is 1.14. The molecule has 15 heavy (non-hydrogen) atoms. The molecular weight excluding hydrogens is 204 g/mol. The number of rotatable bonds is 3. The van der Waals surface area contributed by atoms with Crippen molar-refractivity contribution in [1.82, 2.24) is 0 Å². The van der Waals surface area contributed by atoms with E-state index in [1.807, 2.05) is 0 Å². The van der Waals surface area contributed by atoms with Gasteiger partial charge >= 0.3 is 6.98 Å². The van der Waals surface area contributed by atoms with Crippen LogP contribution in [0.1, 0.15) is 11.1 Å². The van der Waals surface area contributed by atoms with Gasteiger partial charge in [-0.15, -0.1) is 5.98 Å². The average molecular weight is 215 g/mol. The maximum Gasteiger partial charge on any atom is 0.502 e. The molecule has 0 spiro atoms. The second-order valence-electron chi connectivity index (χ2n) is 3.21. The van der Waals surface area contributed by atoms with Gasteiger partial charge in [0.1, 0.15) is 5.75 Å². The third-order valence-electron chi connectivity index (χ3n) is 1.98. The smallest absolute Gasteiger partial charge is 0.497 e. The number of hydrogen-bond donors (Lipinski definition) is 0. The second kappa shape index (κ2) is 4.42. The molecule has 1 aromatic carbocycles. The Morgan fingerprint density at radius 2 is 1.93 bits per heavy atom. The van der Waals surface area contributed by atoms with Crippen molar-refractivity contribution in [3.8, 4) is 5.75 Å². The van der Waals surface area contributed by atoms with E-state index in [1.54, 1.807) is 25.1 Å². The van der Waals surface area contributed by atoms with Crippen LogP contribution in [0.4, 0.5) is 12.9 Å². The Labute approximate surface area is 86.6 Å². The topological polar surface area (TPSA) is 9.23 Å². The van der Waals surface area contributed by atoms with E-state index in [9.17, 15) is 12.9 Å². The van der Waals surface area contributed by atoms with E-state index in [0.29, 0.717) is 11.3 Å². The van der Waals surface area contributed by atoms with Crippen LogP contribution in [0.3, 0.4) is 0 Å². The van der Waals surface area contributed by atoms with Crippen LogP contribution in [-0.4, -0.2) is 14.1 Å². The molecule has 0 fully saturated rings. The van der Waals surface area contributed by atoms with Gasteiger partial charge in [-0.05, 0) is 30.2 Å². The lowest BCUT2D eigenvalue weighted by molar-refractivity contribution is 0.414. The summed E-state index contributed by atoms with van der Waals surface area (Å²) in [6.45, 7) is -3.13. The van der Waals surface area contributed by atoms with Crippen LogP contribution in [0.5, 0.6) is 5.75 Å². The monoisotopic (exact) mass is 215 g/mol. The van der Waals surface area contributed by atoms with Gasteiger partial charge in [0.2, 0.25) is 0 Å². The molecule has 0 heterocycles. The first-order valence-corrected chi connectivity index (χ1v) is 4.46. The summed E-state index contributed by atoms with van der Waals surface area (Å²) in [6, 6.07) is 5.01. The van der Waals surface area contributed by atoms with Gasteiger partial charge in [-0.2, -0.15) is 0 Å². The third-order valence-corrected chi connectivity index (χ3v) is 1.98. The predicted molar refractivity (Wildman–Crippen MR) is 55.8 cm³/mol. The van der Waals surface area contributed by atoms with E-state index in [2.05, 4.69) is 0 Å². The van der Waals surface area contributed by atoms with Gasteiger partial charge in [0.15, 0.2) is 0 Å². The van der Waals surface area contributed by atoms with Crippen LogP contribution in [0.2, 0.25) is 0 Å². The fraction of sp³-hybridized carbons (Fsp3) is 0.200. The number of ether oxygens (including phenoxy) is 1. The molecule has 0 unspecified atom stereocenters. The molecule has 1 nitrogen and oxygen atoms in total. The van der Waals surface area contributed by atoms with Gasteiger partial charge in [0.05, 0.1) is 7.11 Å². The van der Waals surface area contributed by atoms with Crippen LogP contribution in [0.15, 0.2) is 24.2 Å². The highest BCUT2D eigenvalue weighted by Gasteiger charge is 2.17. The highest BCUT2D eigenvalue weighted by molar-refractivity contribution is 6.64. The molecule has 0 saturated heterocycles. The standard InChI is InChI=1S/C10H11BF3O/c1-8-3-4-10(15-2)7-9(8)5-6-11(12,13)14/h3-7H,1-2H3/q-1/b6-5+. The van der Waals surface area contributed by atoms with E-state index >= 15 is 0 Å². The minimum atomic E-state index is -4.88. The van der Waals surface area contributed by atoms with Gasteiger partial charge in [0, 0.05) is 0 Å². The molecule has 5 heteroatoms. The highest BCUT2D eigenvalue weighted by atomic mass is 19.4. The quantitative estimate of drug-likeness (QED) is 0.702. The van der Waals surface area contributed by atoms with Gasteiger partial charge in [-0.25, -0.2) is 0 Å². The van der Waals surface area contributed by atoms with Crippen molar-refractivity contribution in [2.45, 2.75) is 6.92 Å². The first-order chi connectivity index (χ1) is 6.92. The van der Waals surface area contributed by atoms with Crippen molar-refractivity contribution in [2.75, 3.05) is 7.11 Å². The summed E-state index contributed by atoms with van der Waals surface area (Å²) in [5.41, 5.74) is 1.31. The lowest BCUT2D eigenvalue weighted by Crippen LogP contribution is -2.09. The van der Waals surface area contributed by atoms with E-state index in [-0.39, 0.29) is 5.98 Å². The minimum absolute atomic E-state index is 0.280. The number of halogens is 3. The second-order valence-corrected chi connectivity index (χ2v) is 3.21. The van der Waals surface area contributed by atoms with Crippen LogP contribution in [0.25, 0.3) is 6.08 Å². The maximum atomic E-state index is 12.0. The lowest BCUT2D eigenvalue weighted by Gasteiger charge is -2.08. The first-order valence-electron chi connectivity index (χ1n) is 4.46. The summed E-state index contributed by atoms with van der Waals surface area (Å²) < 4.78 is 40.9. The molecule has 0 atom stereocenters. The maximum absolute atomic E-state index is 12.0. The summed E-state index contributed by atoms with van der Waals surface area (Å²) in [4.78, 5) is 0. The van der Waals surface area contributed by atoms with Crippen molar-refractivity contribution in [1.29, 1.82) is 0 Å². The fourth-order valence-corrected chi connectivity index (χ4v) is 1.14. The van der Waals surface area contributed by atoms with Gasteiger partial charge in [-0.1, -0.05) is 12.1 Å². The molecule has 0 N–H and O–H groups in total. The largest absolute Gasteiger partial charge is 0.502 e. The Balaban J connectivity index is 2.98. The SMILES string of the molecule is COc1ccc(C)c(/C=C/[B-](F)(F)F)c1. The lowest BCUT2D eigenvalue weighted by atomic mass is 9.90. The minimum Gasteiger partial charge on any atom is -0.497 e. The number of aryl methyl sites for hydroxylation is 1. The number of hydrogen-bond acceptors (Lipinski definition) is 1. The molecule has 0 radical (unpaired) electrons. The number of methoxy groups -OCH3 is 1. The van der Waals surface area contributed by atoms with Crippen LogP contribution in [0, 0.1) is 6.92 Å². The van der Waals surface area contributed by atoms with E-state index in [1.165, 1.54) is 7.11 Å². The molecule has 0 saturated carbocycles. The normalized spacial score (nSPS) is 12.1. The Hall–Kier alpha value is -1.39. The van der Waals surface area contributed by atoms with E-state index in [0.717, 1.165) is 11.6 Å². The van der Waals surface area contributed by atoms with Crippen LogP contribution >= 0.6 is 0 Å². The molecule has 0 aliphatic carbocycles. The summed E-state index contributed by atoms with van der Waals surface area (Å²) in [5, 5.41) is 0. The van der Waals surface area contributed by atoms with Crippen LogP contribution in [-0.2, 0) is 0 Å². The zero-order chi connectivity index (χ0) is 11.5. The molecule has 0 aliphatic heterocycles. The van der Waals surface area contributed by atoms with Crippen molar-refractivity contribution in [3.63, 3.8) is 0 Å². The first kappa shape index (κ1) is 11.7. The van der Waals surface area contributed by atoms with Crippen molar-refractivity contribution in [2.24, 2.45) is 0 Å². The Bertz CT molecular complexity index is 371. The molecule has 0 aliphatic rings. The summed E-state index contributed by atoms with van der Waals surface area (Å²) in [5.74, 6) is 0.830. The Morgan fingerprint density at radius 1 is 1.27 bits per heavy atom. The zero-order valence-corrected chi connectivity index (χ0v) is 8.51. The molecular formula is C10H11BF3O-. The summed E-state index contributed by atoms with van der Waals surface area (Å²) in [6.07, 6.45) is 1.07. The van der Waals surface area contributed by atoms with Gasteiger partial charge < -0.3 is 17.7 Å². The summed E-state index contributed by atoms with van der Waals surface area (Å²) >= 11 is 0. The third kappa shape index (κ3) is 3.69. The molecule has 0 bridgehead atoms. The summed E-state index contributed by atoms with van der Waals surface area (Å²) in [7, 11) is 1.48. The van der Waals surface area contributed by atoms with Gasteiger partial charge in [-0.3, -0.25) is 0 Å². The molecule has 1 rings (SSSR count). The Morgan fingerprint density at radius 3 is 2.47 bits per heavy atom. The van der Waals surface area contributed by atoms with E-state index < -0.39 is 6.98 Å². The van der Waals surface area contributed by atoms with Crippen molar-refractivity contribution >= 4 is 13.1 Å². The Kier molecular flexibility index (Phi) is 3.45. The van der Waals surface area contributed by atoms with E-state index in [4.69, 9.17) is 4.74 Å².